The Labute approximate surface area is 125 Å². The van der Waals surface area contributed by atoms with Crippen molar-refractivity contribution in [1.82, 2.24) is 0 Å². The average molecular weight is 279 g/mol. The van der Waals surface area contributed by atoms with Gasteiger partial charge in [0.05, 0.1) is 6.26 Å². The van der Waals surface area contributed by atoms with Crippen LogP contribution in [0, 0.1) is 20.8 Å². The van der Waals surface area contributed by atoms with Gasteiger partial charge in [-0.3, -0.25) is 0 Å². The van der Waals surface area contributed by atoms with E-state index >= 15 is 0 Å². The van der Waals surface area contributed by atoms with Crippen LogP contribution < -0.4 is 5.73 Å². The Hall–Kier alpha value is -2.22. The van der Waals surface area contributed by atoms with Crippen molar-refractivity contribution in [3.05, 3.63) is 52.8 Å². The summed E-state index contributed by atoms with van der Waals surface area (Å²) in [7, 11) is 0. The smallest absolute Gasteiger partial charge is 0.138 e. The van der Waals surface area contributed by atoms with Crippen LogP contribution in [-0.2, 0) is 6.42 Å². The van der Waals surface area contributed by atoms with Crippen molar-refractivity contribution in [3.8, 4) is 11.1 Å². The van der Waals surface area contributed by atoms with E-state index in [2.05, 4.69) is 52.0 Å². The normalized spacial score (nSPS) is 11.2. The number of hydrogen-bond acceptors (Lipinski definition) is 2. The maximum absolute atomic E-state index is 6.26. The summed E-state index contributed by atoms with van der Waals surface area (Å²) in [5.41, 5.74) is 15.1. The summed E-state index contributed by atoms with van der Waals surface area (Å²) in [6.07, 6.45) is 2.90. The number of benzene rings is 2. The Morgan fingerprint density at radius 1 is 0.952 bits per heavy atom. The molecule has 0 aliphatic heterocycles. The molecule has 0 fully saturated rings. The number of furan rings is 1. The quantitative estimate of drug-likeness (QED) is 0.657. The van der Waals surface area contributed by atoms with Gasteiger partial charge in [-0.05, 0) is 55.0 Å². The minimum absolute atomic E-state index is 0.868. The van der Waals surface area contributed by atoms with Gasteiger partial charge >= 0.3 is 0 Å². The van der Waals surface area contributed by atoms with Gasteiger partial charge in [-0.15, -0.1) is 0 Å². The molecule has 0 amide bonds. The lowest BCUT2D eigenvalue weighted by Crippen LogP contribution is -1.97. The van der Waals surface area contributed by atoms with E-state index in [4.69, 9.17) is 10.2 Å². The molecular weight excluding hydrogens is 258 g/mol. The van der Waals surface area contributed by atoms with Crippen molar-refractivity contribution in [3.63, 3.8) is 0 Å². The maximum Gasteiger partial charge on any atom is 0.138 e. The SMILES string of the molecule is CCc1ccc(-c2coc3c(C)c(C)c(N)c(C)c23)cc1. The first kappa shape index (κ1) is 13.7. The number of nitrogen functional groups attached to an aromatic ring is 1. The van der Waals surface area contributed by atoms with Crippen LogP contribution in [0.15, 0.2) is 34.9 Å². The maximum atomic E-state index is 6.26. The van der Waals surface area contributed by atoms with Crippen LogP contribution >= 0.6 is 0 Å². The van der Waals surface area contributed by atoms with Gasteiger partial charge in [0.15, 0.2) is 0 Å². The summed E-state index contributed by atoms with van der Waals surface area (Å²) >= 11 is 0. The fraction of sp³-hybridized carbons (Fsp3) is 0.263. The molecule has 21 heavy (non-hydrogen) atoms. The van der Waals surface area contributed by atoms with E-state index in [9.17, 15) is 0 Å². The van der Waals surface area contributed by atoms with Crippen LogP contribution in [0.4, 0.5) is 5.69 Å². The molecule has 0 spiro atoms. The monoisotopic (exact) mass is 279 g/mol. The Bertz CT molecular complexity index is 810. The molecule has 108 valence electrons. The van der Waals surface area contributed by atoms with Crippen molar-refractivity contribution in [2.45, 2.75) is 34.1 Å². The average Bonchev–Trinajstić information content (AvgIpc) is 2.96. The lowest BCUT2D eigenvalue weighted by Gasteiger charge is -2.11. The first-order valence-corrected chi connectivity index (χ1v) is 7.40. The van der Waals surface area contributed by atoms with E-state index in [1.165, 1.54) is 11.1 Å². The molecule has 2 nitrogen and oxygen atoms in total. The van der Waals surface area contributed by atoms with Crippen LogP contribution in [0.1, 0.15) is 29.2 Å². The summed E-state index contributed by atoms with van der Waals surface area (Å²) < 4.78 is 5.85. The fourth-order valence-corrected chi connectivity index (χ4v) is 2.93. The van der Waals surface area contributed by atoms with Gasteiger partial charge in [-0.1, -0.05) is 31.2 Å². The summed E-state index contributed by atoms with van der Waals surface area (Å²) in [5.74, 6) is 0. The zero-order chi connectivity index (χ0) is 15.1. The molecule has 3 aromatic rings. The third kappa shape index (κ3) is 2.02. The Morgan fingerprint density at radius 3 is 2.24 bits per heavy atom. The Kier molecular flexibility index (Phi) is 3.25. The van der Waals surface area contributed by atoms with Crippen LogP contribution in [0.25, 0.3) is 22.1 Å². The second-order valence-electron chi connectivity index (χ2n) is 5.69. The molecule has 0 aliphatic rings. The van der Waals surface area contributed by atoms with Crippen LogP contribution in [0.2, 0.25) is 0 Å². The number of nitrogens with two attached hydrogens (primary N) is 1. The summed E-state index contributed by atoms with van der Waals surface area (Å²) in [6, 6.07) is 8.67. The van der Waals surface area contributed by atoms with Crippen molar-refractivity contribution < 1.29 is 4.42 Å². The standard InChI is InChI=1S/C19H21NO/c1-5-14-6-8-15(9-7-14)16-10-21-19-12(3)11(2)18(20)13(4)17(16)19/h6-10H,5,20H2,1-4H3. The first-order chi connectivity index (χ1) is 10.0. The van der Waals surface area contributed by atoms with Gasteiger partial charge in [0, 0.05) is 16.6 Å². The van der Waals surface area contributed by atoms with Gasteiger partial charge in [-0.25, -0.2) is 0 Å². The molecular formula is C19H21NO. The predicted molar refractivity (Wildman–Crippen MR) is 89.7 cm³/mol. The molecule has 2 heteroatoms. The van der Waals surface area contributed by atoms with Crippen LogP contribution in [0.3, 0.4) is 0 Å². The predicted octanol–water partition coefficient (Wildman–Crippen LogP) is 5.17. The molecule has 0 saturated carbocycles. The molecule has 1 aromatic heterocycles. The highest BCUT2D eigenvalue weighted by Crippen LogP contribution is 2.39. The number of aryl methyl sites for hydroxylation is 3. The van der Waals surface area contributed by atoms with Crippen molar-refractivity contribution in [2.75, 3.05) is 5.73 Å². The highest BCUT2D eigenvalue weighted by Gasteiger charge is 2.17. The fourth-order valence-electron chi connectivity index (χ4n) is 2.93. The van der Waals surface area contributed by atoms with Crippen LogP contribution in [-0.4, -0.2) is 0 Å². The van der Waals surface area contributed by atoms with E-state index < -0.39 is 0 Å². The minimum atomic E-state index is 0.868. The molecule has 0 saturated heterocycles. The lowest BCUT2D eigenvalue weighted by molar-refractivity contribution is 0.614. The van der Waals surface area contributed by atoms with Gasteiger partial charge in [0.25, 0.3) is 0 Å². The molecule has 0 atom stereocenters. The highest BCUT2D eigenvalue weighted by atomic mass is 16.3. The lowest BCUT2D eigenvalue weighted by atomic mass is 9.94. The topological polar surface area (TPSA) is 39.2 Å². The molecule has 0 aliphatic carbocycles. The highest BCUT2D eigenvalue weighted by molar-refractivity contribution is 6.01. The Morgan fingerprint density at radius 2 is 1.62 bits per heavy atom. The third-order valence-electron chi connectivity index (χ3n) is 4.55. The molecule has 0 radical (unpaired) electrons. The van der Waals surface area contributed by atoms with Gasteiger partial charge in [-0.2, -0.15) is 0 Å². The number of hydrogen-bond donors (Lipinski definition) is 1. The summed E-state index contributed by atoms with van der Waals surface area (Å²) in [4.78, 5) is 0. The van der Waals surface area contributed by atoms with Crippen molar-refractivity contribution in [1.29, 1.82) is 0 Å². The first-order valence-electron chi connectivity index (χ1n) is 7.40. The van der Waals surface area contributed by atoms with E-state index in [1.807, 2.05) is 6.26 Å². The number of anilines is 1. The molecule has 0 bridgehead atoms. The molecule has 3 rings (SSSR count). The van der Waals surface area contributed by atoms with E-state index in [0.29, 0.717) is 0 Å². The van der Waals surface area contributed by atoms with Gasteiger partial charge in [0.2, 0.25) is 0 Å². The Balaban J connectivity index is 2.29. The largest absolute Gasteiger partial charge is 0.463 e. The minimum Gasteiger partial charge on any atom is -0.463 e. The van der Waals surface area contributed by atoms with E-state index in [1.54, 1.807) is 0 Å². The summed E-state index contributed by atoms with van der Waals surface area (Å²) in [6.45, 7) is 8.36. The van der Waals surface area contributed by atoms with Gasteiger partial charge in [0.1, 0.15) is 5.58 Å². The number of fused-ring (bicyclic) bond motifs is 1. The zero-order valence-corrected chi connectivity index (χ0v) is 13.1. The van der Waals surface area contributed by atoms with Crippen LogP contribution in [0.5, 0.6) is 0 Å². The number of rotatable bonds is 2. The zero-order valence-electron chi connectivity index (χ0n) is 13.1. The molecule has 2 aromatic carbocycles. The molecule has 0 unspecified atom stereocenters. The summed E-state index contributed by atoms with van der Waals surface area (Å²) in [5, 5.41) is 1.14. The van der Waals surface area contributed by atoms with Gasteiger partial charge < -0.3 is 10.2 Å². The van der Waals surface area contributed by atoms with E-state index in [-0.39, 0.29) is 0 Å². The second-order valence-corrected chi connectivity index (χ2v) is 5.69. The molecule has 1 heterocycles. The van der Waals surface area contributed by atoms with E-state index in [0.717, 1.165) is 45.3 Å². The van der Waals surface area contributed by atoms with Crippen molar-refractivity contribution >= 4 is 16.7 Å². The van der Waals surface area contributed by atoms with Crippen molar-refractivity contribution in [2.24, 2.45) is 0 Å². The third-order valence-corrected chi connectivity index (χ3v) is 4.55. The second kappa shape index (κ2) is 4.96. The molecule has 2 N–H and O–H groups in total.